The van der Waals surface area contributed by atoms with Gasteiger partial charge in [-0.25, -0.2) is 4.98 Å². The fourth-order valence-electron chi connectivity index (χ4n) is 1.53. The number of aliphatic hydroxyl groups is 1. The Kier molecular flexibility index (Phi) is 3.91. The lowest BCUT2D eigenvalue weighted by atomic mass is 10.2. The van der Waals surface area contributed by atoms with E-state index in [9.17, 15) is 5.11 Å². The van der Waals surface area contributed by atoms with Crippen LogP contribution in [-0.2, 0) is 6.42 Å². The molecule has 90 valence electrons. The van der Waals surface area contributed by atoms with Crippen LogP contribution in [0.4, 0.5) is 0 Å². The van der Waals surface area contributed by atoms with E-state index in [1.54, 1.807) is 17.5 Å². The van der Waals surface area contributed by atoms with Crippen LogP contribution in [0.15, 0.2) is 22.8 Å². The Morgan fingerprint density at radius 3 is 2.82 bits per heavy atom. The van der Waals surface area contributed by atoms with Gasteiger partial charge in [0.05, 0.1) is 16.4 Å². The molecule has 0 bridgehead atoms. The average Bonchev–Trinajstić information content (AvgIpc) is 2.58. The maximum Gasteiger partial charge on any atom is 0.103 e. The summed E-state index contributed by atoms with van der Waals surface area (Å²) in [7, 11) is 0. The van der Waals surface area contributed by atoms with E-state index < -0.39 is 6.10 Å². The molecule has 17 heavy (non-hydrogen) atoms. The van der Waals surface area contributed by atoms with Crippen LogP contribution in [0.2, 0.25) is 0 Å². The van der Waals surface area contributed by atoms with E-state index in [2.05, 4.69) is 25.9 Å². The SMILES string of the molecule is Cc1nc(CC(O)c2ncccc2Br)sc1C. The van der Waals surface area contributed by atoms with Crippen molar-refractivity contribution in [1.82, 2.24) is 9.97 Å². The number of hydrogen-bond acceptors (Lipinski definition) is 4. The quantitative estimate of drug-likeness (QED) is 0.946. The molecule has 5 heteroatoms. The highest BCUT2D eigenvalue weighted by atomic mass is 79.9. The molecule has 0 aliphatic rings. The summed E-state index contributed by atoms with van der Waals surface area (Å²) in [5.41, 5.74) is 1.70. The molecule has 0 aromatic carbocycles. The Balaban J connectivity index is 2.17. The zero-order chi connectivity index (χ0) is 12.4. The zero-order valence-corrected chi connectivity index (χ0v) is 12.0. The number of nitrogens with zero attached hydrogens (tertiary/aromatic N) is 2. The third kappa shape index (κ3) is 2.91. The van der Waals surface area contributed by atoms with E-state index in [1.807, 2.05) is 26.0 Å². The van der Waals surface area contributed by atoms with E-state index in [4.69, 9.17) is 0 Å². The average molecular weight is 313 g/mol. The third-order valence-electron chi connectivity index (χ3n) is 2.54. The predicted octanol–water partition coefficient (Wildman–Crippen LogP) is 3.19. The number of rotatable bonds is 3. The number of aromatic nitrogens is 2. The lowest BCUT2D eigenvalue weighted by Gasteiger charge is -2.09. The van der Waals surface area contributed by atoms with E-state index >= 15 is 0 Å². The van der Waals surface area contributed by atoms with Gasteiger partial charge in [0.1, 0.15) is 6.10 Å². The van der Waals surface area contributed by atoms with Crippen molar-refractivity contribution in [1.29, 1.82) is 0 Å². The second-order valence-electron chi connectivity index (χ2n) is 3.84. The van der Waals surface area contributed by atoms with Gasteiger partial charge in [-0.15, -0.1) is 11.3 Å². The molecular weight excluding hydrogens is 300 g/mol. The van der Waals surface area contributed by atoms with Gasteiger partial charge in [0, 0.05) is 22.0 Å². The van der Waals surface area contributed by atoms with Crippen molar-refractivity contribution in [3.8, 4) is 0 Å². The predicted molar refractivity (Wildman–Crippen MR) is 72.2 cm³/mol. The zero-order valence-electron chi connectivity index (χ0n) is 9.64. The summed E-state index contributed by atoms with van der Waals surface area (Å²) in [4.78, 5) is 9.81. The van der Waals surface area contributed by atoms with Crippen LogP contribution < -0.4 is 0 Å². The Hall–Kier alpha value is -0.780. The van der Waals surface area contributed by atoms with Crippen molar-refractivity contribution in [3.05, 3.63) is 44.1 Å². The largest absolute Gasteiger partial charge is 0.386 e. The maximum atomic E-state index is 10.1. The molecule has 0 saturated heterocycles. The number of hydrogen-bond donors (Lipinski definition) is 1. The molecule has 0 saturated carbocycles. The molecule has 2 heterocycles. The fourth-order valence-corrected chi connectivity index (χ4v) is 3.02. The molecule has 1 atom stereocenters. The monoisotopic (exact) mass is 312 g/mol. The van der Waals surface area contributed by atoms with Gasteiger partial charge in [0.15, 0.2) is 0 Å². The summed E-state index contributed by atoms with van der Waals surface area (Å²) in [5.74, 6) is 0. The van der Waals surface area contributed by atoms with Crippen molar-refractivity contribution in [2.75, 3.05) is 0 Å². The highest BCUT2D eigenvalue weighted by molar-refractivity contribution is 9.10. The first-order chi connectivity index (χ1) is 8.08. The second-order valence-corrected chi connectivity index (χ2v) is 5.98. The van der Waals surface area contributed by atoms with Gasteiger partial charge in [0.2, 0.25) is 0 Å². The molecule has 0 radical (unpaired) electrons. The van der Waals surface area contributed by atoms with E-state index in [0.717, 1.165) is 15.2 Å². The smallest absolute Gasteiger partial charge is 0.103 e. The molecule has 0 aliphatic heterocycles. The standard InChI is InChI=1S/C12H13BrN2OS/c1-7-8(2)17-11(15-7)6-10(16)12-9(13)4-3-5-14-12/h3-5,10,16H,6H2,1-2H3. The van der Waals surface area contributed by atoms with E-state index in [1.165, 1.54) is 4.88 Å². The number of halogens is 1. The Labute approximate surface area is 113 Å². The summed E-state index contributed by atoms with van der Waals surface area (Å²) >= 11 is 5.02. The molecule has 1 unspecified atom stereocenters. The van der Waals surface area contributed by atoms with Gasteiger partial charge in [0.25, 0.3) is 0 Å². The minimum Gasteiger partial charge on any atom is -0.386 e. The molecule has 1 N–H and O–H groups in total. The lowest BCUT2D eigenvalue weighted by Crippen LogP contribution is -2.04. The molecule has 2 aromatic rings. The molecule has 2 rings (SSSR count). The molecule has 2 aromatic heterocycles. The summed E-state index contributed by atoms with van der Waals surface area (Å²) < 4.78 is 0.831. The van der Waals surface area contributed by atoms with Crippen LogP contribution >= 0.6 is 27.3 Å². The summed E-state index contributed by atoms with van der Waals surface area (Å²) in [6.45, 7) is 4.03. The topological polar surface area (TPSA) is 46.0 Å². The van der Waals surface area contributed by atoms with Crippen molar-refractivity contribution >= 4 is 27.3 Å². The molecular formula is C12H13BrN2OS. The minimum atomic E-state index is -0.615. The van der Waals surface area contributed by atoms with Crippen LogP contribution in [0.3, 0.4) is 0 Å². The van der Waals surface area contributed by atoms with Crippen LogP contribution in [0.5, 0.6) is 0 Å². The van der Waals surface area contributed by atoms with Crippen molar-refractivity contribution in [2.24, 2.45) is 0 Å². The Morgan fingerprint density at radius 1 is 1.47 bits per heavy atom. The van der Waals surface area contributed by atoms with E-state index in [0.29, 0.717) is 12.1 Å². The second kappa shape index (κ2) is 5.25. The van der Waals surface area contributed by atoms with Crippen molar-refractivity contribution in [2.45, 2.75) is 26.4 Å². The highest BCUT2D eigenvalue weighted by Crippen LogP contribution is 2.26. The first kappa shape index (κ1) is 12.7. The first-order valence-corrected chi connectivity index (χ1v) is 6.90. The first-order valence-electron chi connectivity index (χ1n) is 5.29. The van der Waals surface area contributed by atoms with Gasteiger partial charge < -0.3 is 5.11 Å². The van der Waals surface area contributed by atoms with Crippen LogP contribution in [0.25, 0.3) is 0 Å². The van der Waals surface area contributed by atoms with Gasteiger partial charge in [-0.05, 0) is 41.9 Å². The fraction of sp³-hybridized carbons (Fsp3) is 0.333. The summed E-state index contributed by atoms with van der Waals surface area (Å²) in [5, 5.41) is 11.1. The molecule has 0 spiro atoms. The van der Waals surface area contributed by atoms with Gasteiger partial charge >= 0.3 is 0 Å². The number of aliphatic hydroxyl groups excluding tert-OH is 1. The summed E-state index contributed by atoms with van der Waals surface area (Å²) in [6, 6.07) is 3.71. The minimum absolute atomic E-state index is 0.509. The van der Waals surface area contributed by atoms with Crippen molar-refractivity contribution < 1.29 is 5.11 Å². The lowest BCUT2D eigenvalue weighted by molar-refractivity contribution is 0.172. The highest BCUT2D eigenvalue weighted by Gasteiger charge is 2.15. The Bertz CT molecular complexity index is 507. The van der Waals surface area contributed by atoms with Crippen molar-refractivity contribution in [3.63, 3.8) is 0 Å². The van der Waals surface area contributed by atoms with Gasteiger partial charge in [-0.2, -0.15) is 0 Å². The van der Waals surface area contributed by atoms with E-state index in [-0.39, 0.29) is 0 Å². The molecule has 0 fully saturated rings. The maximum absolute atomic E-state index is 10.1. The Morgan fingerprint density at radius 2 is 2.24 bits per heavy atom. The molecule has 3 nitrogen and oxygen atoms in total. The van der Waals surface area contributed by atoms with Crippen LogP contribution in [0, 0.1) is 13.8 Å². The molecule has 0 amide bonds. The normalized spacial score (nSPS) is 12.7. The molecule has 0 aliphatic carbocycles. The van der Waals surface area contributed by atoms with Crippen LogP contribution in [-0.4, -0.2) is 15.1 Å². The number of pyridine rings is 1. The van der Waals surface area contributed by atoms with Crippen LogP contribution in [0.1, 0.15) is 27.4 Å². The van der Waals surface area contributed by atoms with Gasteiger partial charge in [-0.1, -0.05) is 0 Å². The third-order valence-corrected chi connectivity index (χ3v) is 4.31. The number of aryl methyl sites for hydroxylation is 2. The number of thiazole rings is 1. The summed E-state index contributed by atoms with van der Waals surface area (Å²) in [6.07, 6.45) is 1.58. The van der Waals surface area contributed by atoms with Gasteiger partial charge in [-0.3, -0.25) is 4.98 Å².